The zero-order valence-electron chi connectivity index (χ0n) is 25.4. The number of likely N-dealkylation sites (tertiary alicyclic amines) is 1. The molecule has 2 saturated heterocycles. The van der Waals surface area contributed by atoms with Crippen LogP contribution in [0.5, 0.6) is 0 Å². The van der Waals surface area contributed by atoms with Gasteiger partial charge in [0.1, 0.15) is 11.9 Å². The van der Waals surface area contributed by atoms with Crippen LogP contribution in [0, 0.1) is 27.4 Å². The number of anilines is 2. The smallest absolute Gasteiger partial charge is 0.280 e. The summed E-state index contributed by atoms with van der Waals surface area (Å²) in [4.78, 5) is 49.9. The largest absolute Gasteiger partial charge is 0.381 e. The molecule has 45 heavy (non-hydrogen) atoms. The molecule has 0 radical (unpaired) electrons. The topological polar surface area (TPSA) is 171 Å². The van der Waals surface area contributed by atoms with E-state index in [0.717, 1.165) is 64.1 Å². The molecule has 12 heteroatoms. The molecule has 2 fully saturated rings. The van der Waals surface area contributed by atoms with Crippen LogP contribution in [0.15, 0.2) is 48.8 Å². The van der Waals surface area contributed by atoms with Gasteiger partial charge in [0.25, 0.3) is 11.6 Å². The molecule has 5 rings (SSSR count). The number of hydrogen-bond donors (Lipinski definition) is 2. The van der Waals surface area contributed by atoms with E-state index in [0.29, 0.717) is 34.8 Å². The van der Waals surface area contributed by atoms with Crippen molar-refractivity contribution < 1.29 is 14.5 Å². The Bertz CT molecular complexity index is 1590. The van der Waals surface area contributed by atoms with Crippen LogP contribution in [0.1, 0.15) is 76.1 Å². The first-order valence-electron chi connectivity index (χ1n) is 15.4. The zero-order chi connectivity index (χ0) is 31.9. The van der Waals surface area contributed by atoms with E-state index in [2.05, 4.69) is 38.2 Å². The number of Topliss-reactive ketones (excluding diaryl/α,β-unsaturated/α-hetero) is 1. The molecule has 0 spiro atoms. The monoisotopic (exact) mass is 610 g/mol. The summed E-state index contributed by atoms with van der Waals surface area (Å²) in [5.74, 6) is 0.474. The van der Waals surface area contributed by atoms with Gasteiger partial charge in [0.15, 0.2) is 5.78 Å². The number of rotatable bonds is 11. The summed E-state index contributed by atoms with van der Waals surface area (Å²) in [5.41, 5.74) is 8.19. The van der Waals surface area contributed by atoms with Gasteiger partial charge in [-0.15, -0.1) is 0 Å². The average molecular weight is 611 g/mol. The van der Waals surface area contributed by atoms with E-state index in [-0.39, 0.29) is 35.1 Å². The number of nitrogens with two attached hydrogens (primary N) is 1. The standard InChI is InChI=1S/C33H38N8O4/c1-39-12-8-22(9-13-39)3-6-31(42)27-5-2-23(17-30(27)41(44)45)16-26-18-29(28(21-36-26)33(35)43)38-25-10-14-40(15-11-25)32-7-4-24(19-34)20-37-32/h2,4-5,7,17-18,20-22,25H,3,6,8-16H2,1H3,(H2,35,43)(H,36,38). The number of hydrogen-bond acceptors (Lipinski definition) is 10. The molecule has 3 N–H and O–H groups in total. The molecular weight excluding hydrogens is 572 g/mol. The third-order valence-corrected chi connectivity index (χ3v) is 8.84. The van der Waals surface area contributed by atoms with Crippen LogP contribution in [0.4, 0.5) is 17.2 Å². The Morgan fingerprint density at radius 2 is 1.80 bits per heavy atom. The minimum Gasteiger partial charge on any atom is -0.381 e. The highest BCUT2D eigenvalue weighted by molar-refractivity contribution is 6.00. The number of amides is 1. The maximum atomic E-state index is 13.0. The second-order valence-electron chi connectivity index (χ2n) is 12.0. The number of nitrogens with zero attached hydrogens (tertiary/aromatic N) is 6. The molecule has 2 aromatic heterocycles. The Morgan fingerprint density at radius 1 is 1.04 bits per heavy atom. The maximum absolute atomic E-state index is 13.0. The first-order valence-corrected chi connectivity index (χ1v) is 15.4. The van der Waals surface area contributed by atoms with E-state index in [4.69, 9.17) is 11.0 Å². The van der Waals surface area contributed by atoms with Crippen LogP contribution in [0.25, 0.3) is 0 Å². The van der Waals surface area contributed by atoms with Crippen molar-refractivity contribution in [1.29, 1.82) is 5.26 Å². The third kappa shape index (κ3) is 7.99. The number of nitriles is 1. The number of nitro benzene ring substituents is 1. The number of primary amides is 1. The van der Waals surface area contributed by atoms with Gasteiger partial charge < -0.3 is 20.9 Å². The number of piperidine rings is 2. The molecule has 2 aliphatic heterocycles. The zero-order valence-corrected chi connectivity index (χ0v) is 25.4. The summed E-state index contributed by atoms with van der Waals surface area (Å²) >= 11 is 0. The normalized spacial score (nSPS) is 16.2. The molecule has 234 valence electrons. The Balaban J connectivity index is 1.24. The van der Waals surface area contributed by atoms with Crippen molar-refractivity contribution in [3.63, 3.8) is 0 Å². The van der Waals surface area contributed by atoms with Crippen molar-refractivity contribution in [3.8, 4) is 6.07 Å². The van der Waals surface area contributed by atoms with E-state index >= 15 is 0 Å². The van der Waals surface area contributed by atoms with E-state index in [9.17, 15) is 19.7 Å². The molecule has 1 amide bonds. The Hall–Kier alpha value is -4.89. The number of nitro groups is 1. The fourth-order valence-electron chi connectivity index (χ4n) is 6.13. The molecule has 2 aliphatic rings. The second-order valence-corrected chi connectivity index (χ2v) is 12.0. The molecule has 0 unspecified atom stereocenters. The van der Waals surface area contributed by atoms with Gasteiger partial charge in [0.05, 0.1) is 27.3 Å². The lowest BCUT2D eigenvalue weighted by atomic mass is 9.90. The number of benzene rings is 1. The Labute approximate surface area is 262 Å². The van der Waals surface area contributed by atoms with E-state index < -0.39 is 10.8 Å². The average Bonchev–Trinajstić information content (AvgIpc) is 3.04. The maximum Gasteiger partial charge on any atom is 0.280 e. The molecule has 0 bridgehead atoms. The number of carbonyl (C=O) groups excluding carboxylic acids is 2. The molecular formula is C33H38N8O4. The number of ketones is 1. The van der Waals surface area contributed by atoms with E-state index in [1.807, 2.05) is 6.07 Å². The van der Waals surface area contributed by atoms with E-state index in [1.54, 1.807) is 30.5 Å². The van der Waals surface area contributed by atoms with Gasteiger partial charge in [-0.05, 0) is 88.0 Å². The number of pyridine rings is 2. The summed E-state index contributed by atoms with van der Waals surface area (Å²) < 4.78 is 0. The number of aromatic nitrogens is 2. The second kappa shape index (κ2) is 14.3. The van der Waals surface area contributed by atoms with Crippen LogP contribution < -0.4 is 16.0 Å². The summed E-state index contributed by atoms with van der Waals surface area (Å²) in [6.45, 7) is 3.51. The van der Waals surface area contributed by atoms with Crippen LogP contribution in [0.3, 0.4) is 0 Å². The van der Waals surface area contributed by atoms with Crippen LogP contribution in [-0.2, 0) is 6.42 Å². The van der Waals surface area contributed by atoms with Crippen molar-refractivity contribution in [1.82, 2.24) is 14.9 Å². The van der Waals surface area contributed by atoms with Gasteiger partial charge in [-0.1, -0.05) is 6.07 Å². The van der Waals surface area contributed by atoms with Crippen LogP contribution >= 0.6 is 0 Å². The predicted octanol–water partition coefficient (Wildman–Crippen LogP) is 4.33. The minimum atomic E-state index is -0.602. The predicted molar refractivity (Wildman–Crippen MR) is 170 cm³/mol. The lowest BCUT2D eigenvalue weighted by Gasteiger charge is -2.34. The van der Waals surface area contributed by atoms with Crippen LogP contribution in [0.2, 0.25) is 0 Å². The van der Waals surface area contributed by atoms with Crippen molar-refractivity contribution in [2.75, 3.05) is 43.4 Å². The highest BCUT2D eigenvalue weighted by Crippen LogP contribution is 2.28. The Kier molecular flexibility index (Phi) is 9.99. The number of nitrogens with one attached hydrogen (secondary N) is 1. The lowest BCUT2D eigenvalue weighted by Crippen LogP contribution is -2.39. The SMILES string of the molecule is CN1CCC(CCC(=O)c2ccc(Cc3cc(NC4CCN(c5ccc(C#N)cn5)CC4)c(C(N)=O)cn3)cc2[N+](=O)[O-])CC1. The van der Waals surface area contributed by atoms with Gasteiger partial charge in [-0.3, -0.25) is 24.7 Å². The number of carbonyl (C=O) groups is 2. The lowest BCUT2D eigenvalue weighted by molar-refractivity contribution is -0.385. The molecule has 0 aliphatic carbocycles. The van der Waals surface area contributed by atoms with Gasteiger partial charge >= 0.3 is 0 Å². The minimum absolute atomic E-state index is 0.0777. The fourth-order valence-corrected chi connectivity index (χ4v) is 6.13. The van der Waals surface area contributed by atoms with Gasteiger partial charge in [-0.2, -0.15) is 5.26 Å². The van der Waals surface area contributed by atoms with E-state index in [1.165, 1.54) is 12.3 Å². The molecule has 0 atom stereocenters. The molecule has 1 aromatic carbocycles. The van der Waals surface area contributed by atoms with Gasteiger partial charge in [0.2, 0.25) is 0 Å². The summed E-state index contributed by atoms with van der Waals surface area (Å²) in [7, 11) is 2.09. The van der Waals surface area contributed by atoms with Crippen LogP contribution in [-0.4, -0.2) is 70.8 Å². The van der Waals surface area contributed by atoms with Crippen molar-refractivity contribution in [2.24, 2.45) is 11.7 Å². The van der Waals surface area contributed by atoms with Crippen molar-refractivity contribution in [3.05, 3.63) is 86.9 Å². The fraction of sp³-hybridized carbons (Fsp3) is 0.424. The van der Waals surface area contributed by atoms with Crippen molar-refractivity contribution >= 4 is 28.9 Å². The molecule has 0 saturated carbocycles. The summed E-state index contributed by atoms with van der Waals surface area (Å²) in [6.07, 6.45) is 7.97. The summed E-state index contributed by atoms with van der Waals surface area (Å²) in [5, 5.41) is 24.4. The summed E-state index contributed by atoms with van der Waals surface area (Å²) in [6, 6.07) is 12.3. The highest BCUT2D eigenvalue weighted by atomic mass is 16.6. The van der Waals surface area contributed by atoms with Gasteiger partial charge in [0, 0.05) is 56.1 Å². The molecule has 3 aromatic rings. The first-order chi connectivity index (χ1) is 21.7. The molecule has 4 heterocycles. The van der Waals surface area contributed by atoms with Crippen molar-refractivity contribution in [2.45, 2.75) is 51.0 Å². The highest BCUT2D eigenvalue weighted by Gasteiger charge is 2.25. The first kappa shape index (κ1) is 31.5. The Morgan fingerprint density at radius 3 is 2.44 bits per heavy atom. The third-order valence-electron chi connectivity index (χ3n) is 8.84. The molecule has 12 nitrogen and oxygen atoms in total. The quantitative estimate of drug-likeness (QED) is 0.181. The van der Waals surface area contributed by atoms with Gasteiger partial charge in [-0.25, -0.2) is 4.98 Å².